The van der Waals surface area contributed by atoms with E-state index in [9.17, 15) is 4.79 Å². The summed E-state index contributed by atoms with van der Waals surface area (Å²) in [4.78, 5) is 11.2. The standard InChI is InChI=1S/C9H14N4O.ClH/c1-10-5-9(14)11-8-4-7(12-13-8)6-2-3-6;/h4,6,10H,2-3,5H2,1H3,(H2,11,12,13,14);1H. The van der Waals surface area contributed by atoms with E-state index < -0.39 is 0 Å². The van der Waals surface area contributed by atoms with Gasteiger partial charge in [-0.1, -0.05) is 0 Å². The van der Waals surface area contributed by atoms with Crippen molar-refractivity contribution in [2.75, 3.05) is 18.9 Å². The number of amides is 1. The van der Waals surface area contributed by atoms with Gasteiger partial charge in [-0.25, -0.2) is 0 Å². The van der Waals surface area contributed by atoms with Gasteiger partial charge in [0.25, 0.3) is 0 Å². The number of hydrogen-bond acceptors (Lipinski definition) is 3. The van der Waals surface area contributed by atoms with Crippen molar-refractivity contribution < 1.29 is 4.79 Å². The number of H-pyrrole nitrogens is 1. The van der Waals surface area contributed by atoms with Crippen molar-refractivity contribution in [1.29, 1.82) is 0 Å². The van der Waals surface area contributed by atoms with E-state index in [-0.39, 0.29) is 18.3 Å². The lowest BCUT2D eigenvalue weighted by Crippen LogP contribution is -2.25. The number of halogens is 1. The molecule has 0 bridgehead atoms. The average Bonchev–Trinajstić information content (AvgIpc) is 2.89. The second kappa shape index (κ2) is 5.14. The average molecular weight is 231 g/mol. The highest BCUT2D eigenvalue weighted by atomic mass is 35.5. The first kappa shape index (κ1) is 12.0. The molecule has 2 rings (SSSR count). The van der Waals surface area contributed by atoms with Crippen molar-refractivity contribution >= 4 is 24.1 Å². The molecule has 1 aliphatic carbocycles. The molecular formula is C9H15ClN4O. The SMILES string of the molecule is CNCC(=O)Nc1cc(C2CC2)[nH]n1.Cl. The molecule has 5 nitrogen and oxygen atoms in total. The number of hydrogen-bond donors (Lipinski definition) is 3. The van der Waals surface area contributed by atoms with E-state index in [0.29, 0.717) is 18.3 Å². The van der Waals surface area contributed by atoms with E-state index in [1.165, 1.54) is 12.8 Å². The highest BCUT2D eigenvalue weighted by Gasteiger charge is 2.25. The van der Waals surface area contributed by atoms with Gasteiger partial charge >= 0.3 is 0 Å². The van der Waals surface area contributed by atoms with Crippen molar-refractivity contribution in [3.8, 4) is 0 Å². The zero-order valence-corrected chi connectivity index (χ0v) is 9.36. The third-order valence-corrected chi connectivity index (χ3v) is 2.22. The topological polar surface area (TPSA) is 69.8 Å². The summed E-state index contributed by atoms with van der Waals surface area (Å²) < 4.78 is 0. The molecule has 15 heavy (non-hydrogen) atoms. The molecule has 0 spiro atoms. The zero-order chi connectivity index (χ0) is 9.97. The minimum Gasteiger partial charge on any atom is -0.311 e. The largest absolute Gasteiger partial charge is 0.311 e. The molecule has 0 atom stereocenters. The summed E-state index contributed by atoms with van der Waals surface area (Å²) in [6.45, 7) is 0.311. The second-order valence-corrected chi connectivity index (χ2v) is 3.56. The minimum absolute atomic E-state index is 0. The molecule has 1 heterocycles. The minimum atomic E-state index is -0.0682. The second-order valence-electron chi connectivity index (χ2n) is 3.56. The van der Waals surface area contributed by atoms with Gasteiger partial charge in [0.2, 0.25) is 5.91 Å². The first-order valence-corrected chi connectivity index (χ1v) is 4.79. The quantitative estimate of drug-likeness (QED) is 0.719. The maximum absolute atomic E-state index is 11.2. The Balaban J connectivity index is 0.00000112. The normalized spacial score (nSPS) is 14.5. The Morgan fingerprint density at radius 2 is 2.40 bits per heavy atom. The van der Waals surface area contributed by atoms with Crippen LogP contribution in [-0.4, -0.2) is 29.7 Å². The number of nitrogens with one attached hydrogen (secondary N) is 3. The lowest BCUT2D eigenvalue weighted by molar-refractivity contribution is -0.115. The van der Waals surface area contributed by atoms with Crippen LogP contribution in [0.5, 0.6) is 0 Å². The number of nitrogens with zero attached hydrogens (tertiary/aromatic N) is 1. The molecule has 0 aliphatic heterocycles. The summed E-state index contributed by atoms with van der Waals surface area (Å²) in [6, 6.07) is 1.91. The van der Waals surface area contributed by atoms with Crippen LogP contribution < -0.4 is 10.6 Å². The summed E-state index contributed by atoms with van der Waals surface area (Å²) in [7, 11) is 1.74. The molecule has 1 saturated carbocycles. The van der Waals surface area contributed by atoms with Crippen molar-refractivity contribution in [3.63, 3.8) is 0 Å². The molecule has 0 saturated heterocycles. The van der Waals surface area contributed by atoms with Crippen LogP contribution >= 0.6 is 12.4 Å². The van der Waals surface area contributed by atoms with Gasteiger partial charge in [-0.3, -0.25) is 9.89 Å². The third kappa shape index (κ3) is 3.21. The molecule has 1 fully saturated rings. The predicted molar refractivity (Wildman–Crippen MR) is 60.4 cm³/mol. The molecule has 3 N–H and O–H groups in total. The van der Waals surface area contributed by atoms with Gasteiger partial charge in [0.05, 0.1) is 6.54 Å². The number of anilines is 1. The first-order chi connectivity index (χ1) is 6.79. The van der Waals surface area contributed by atoms with E-state index in [2.05, 4.69) is 20.8 Å². The summed E-state index contributed by atoms with van der Waals surface area (Å²) in [5.74, 6) is 1.19. The molecule has 0 unspecified atom stereocenters. The van der Waals surface area contributed by atoms with Gasteiger partial charge in [-0.2, -0.15) is 5.10 Å². The Hall–Kier alpha value is -1.07. The van der Waals surface area contributed by atoms with Crippen LogP contribution in [0.1, 0.15) is 24.5 Å². The fourth-order valence-electron chi connectivity index (χ4n) is 1.35. The Labute approximate surface area is 94.4 Å². The fourth-order valence-corrected chi connectivity index (χ4v) is 1.35. The van der Waals surface area contributed by atoms with Gasteiger partial charge in [0, 0.05) is 17.7 Å². The molecule has 1 amide bonds. The smallest absolute Gasteiger partial charge is 0.239 e. The number of carbonyl (C=O) groups excluding carboxylic acids is 1. The van der Waals surface area contributed by atoms with Crippen LogP contribution in [0.2, 0.25) is 0 Å². The van der Waals surface area contributed by atoms with Crippen molar-refractivity contribution in [1.82, 2.24) is 15.5 Å². The maximum Gasteiger partial charge on any atom is 0.239 e. The van der Waals surface area contributed by atoms with Crippen LogP contribution in [0.15, 0.2) is 6.07 Å². The summed E-state index contributed by atoms with van der Waals surface area (Å²) in [5.41, 5.74) is 1.13. The Kier molecular flexibility index (Phi) is 4.11. The molecule has 1 aromatic rings. The molecule has 6 heteroatoms. The molecule has 1 aromatic heterocycles. The van der Waals surface area contributed by atoms with E-state index in [1.807, 2.05) is 6.07 Å². The van der Waals surface area contributed by atoms with Gasteiger partial charge < -0.3 is 10.6 Å². The summed E-state index contributed by atoms with van der Waals surface area (Å²) >= 11 is 0. The lowest BCUT2D eigenvalue weighted by atomic mass is 10.3. The van der Waals surface area contributed by atoms with Crippen molar-refractivity contribution in [2.45, 2.75) is 18.8 Å². The summed E-state index contributed by atoms with van der Waals surface area (Å²) in [5, 5.41) is 12.4. The number of carbonyl (C=O) groups is 1. The molecule has 0 radical (unpaired) electrons. The van der Waals surface area contributed by atoms with E-state index in [4.69, 9.17) is 0 Å². The summed E-state index contributed by atoms with van der Waals surface area (Å²) in [6.07, 6.45) is 2.46. The Morgan fingerprint density at radius 1 is 1.67 bits per heavy atom. The molecule has 1 aliphatic rings. The number of likely N-dealkylation sites (N-methyl/N-ethyl adjacent to an activating group) is 1. The number of aromatic nitrogens is 2. The lowest BCUT2D eigenvalue weighted by Gasteiger charge is -1.98. The molecule has 84 valence electrons. The Morgan fingerprint density at radius 3 is 3.00 bits per heavy atom. The fraction of sp³-hybridized carbons (Fsp3) is 0.556. The van der Waals surface area contributed by atoms with Crippen molar-refractivity contribution in [2.24, 2.45) is 0 Å². The maximum atomic E-state index is 11.2. The van der Waals surface area contributed by atoms with Crippen LogP contribution in [-0.2, 0) is 4.79 Å². The highest BCUT2D eigenvalue weighted by molar-refractivity contribution is 5.91. The number of rotatable bonds is 4. The van der Waals surface area contributed by atoms with Crippen LogP contribution in [0.3, 0.4) is 0 Å². The van der Waals surface area contributed by atoms with E-state index >= 15 is 0 Å². The molecule has 0 aromatic carbocycles. The van der Waals surface area contributed by atoms with Crippen LogP contribution in [0.4, 0.5) is 5.82 Å². The Bertz CT molecular complexity index is 335. The zero-order valence-electron chi connectivity index (χ0n) is 8.54. The first-order valence-electron chi connectivity index (χ1n) is 4.79. The van der Waals surface area contributed by atoms with Gasteiger partial charge in [-0.05, 0) is 19.9 Å². The highest BCUT2D eigenvalue weighted by Crippen LogP contribution is 2.39. The van der Waals surface area contributed by atoms with Crippen LogP contribution in [0.25, 0.3) is 0 Å². The van der Waals surface area contributed by atoms with Gasteiger partial charge in [0.1, 0.15) is 0 Å². The third-order valence-electron chi connectivity index (χ3n) is 2.22. The van der Waals surface area contributed by atoms with Crippen LogP contribution in [0, 0.1) is 0 Å². The predicted octanol–water partition coefficient (Wildman–Crippen LogP) is 0.867. The van der Waals surface area contributed by atoms with E-state index in [1.54, 1.807) is 7.05 Å². The molecular weight excluding hydrogens is 216 g/mol. The van der Waals surface area contributed by atoms with Gasteiger partial charge in [-0.15, -0.1) is 12.4 Å². The van der Waals surface area contributed by atoms with E-state index in [0.717, 1.165) is 5.69 Å². The van der Waals surface area contributed by atoms with Gasteiger partial charge in [0.15, 0.2) is 5.82 Å². The number of aromatic amines is 1. The monoisotopic (exact) mass is 230 g/mol. The van der Waals surface area contributed by atoms with Crippen molar-refractivity contribution in [3.05, 3.63) is 11.8 Å².